The van der Waals surface area contributed by atoms with Crippen LogP contribution in [0.1, 0.15) is 58.3 Å². The van der Waals surface area contributed by atoms with Crippen LogP contribution in [0.4, 0.5) is 0 Å². The summed E-state index contributed by atoms with van der Waals surface area (Å²) in [6, 6.07) is 0. The maximum Gasteiger partial charge on any atom is 0.191 e. The summed E-state index contributed by atoms with van der Waals surface area (Å²) in [4.78, 5) is 10.0. The average molecular weight is 556 g/mol. The van der Waals surface area contributed by atoms with Gasteiger partial charge < -0.3 is 10.6 Å². The number of halogens is 1. The molecule has 0 amide bonds. The highest BCUT2D eigenvalue weighted by Gasteiger charge is 2.38. The smallest absolute Gasteiger partial charge is 0.191 e. The van der Waals surface area contributed by atoms with Gasteiger partial charge >= 0.3 is 0 Å². The third kappa shape index (κ3) is 7.78. The van der Waals surface area contributed by atoms with Gasteiger partial charge in [0, 0.05) is 38.3 Å². The second kappa shape index (κ2) is 12.8. The molecule has 0 aromatic carbocycles. The zero-order valence-corrected chi connectivity index (χ0v) is 21.8. The minimum atomic E-state index is -2.81. The molecule has 2 N–H and O–H groups in total. The van der Waals surface area contributed by atoms with E-state index in [4.69, 9.17) is 4.99 Å². The minimum Gasteiger partial charge on any atom is -0.357 e. The van der Waals surface area contributed by atoms with Crippen molar-refractivity contribution in [3.63, 3.8) is 0 Å². The van der Waals surface area contributed by atoms with E-state index in [1.807, 2.05) is 0 Å². The highest BCUT2D eigenvalue weighted by atomic mass is 127. The van der Waals surface area contributed by atoms with Crippen molar-refractivity contribution in [1.29, 1.82) is 0 Å². The fourth-order valence-electron chi connectivity index (χ4n) is 5.03. The number of likely N-dealkylation sites (tertiary alicyclic amines) is 1. The number of piperidine rings is 1. The Balaban J connectivity index is 0.00000320. The molecule has 9 heteroatoms. The van der Waals surface area contributed by atoms with Gasteiger partial charge in [0.1, 0.15) is 0 Å². The van der Waals surface area contributed by atoms with E-state index < -0.39 is 9.84 Å². The van der Waals surface area contributed by atoms with Crippen molar-refractivity contribution in [3.05, 3.63) is 0 Å². The van der Waals surface area contributed by atoms with Gasteiger partial charge in [-0.3, -0.25) is 14.8 Å². The number of nitrogens with zero attached hydrogens (tertiary/aromatic N) is 3. The van der Waals surface area contributed by atoms with Crippen LogP contribution < -0.4 is 10.6 Å². The van der Waals surface area contributed by atoms with Crippen LogP contribution in [0, 0.1) is 0 Å². The lowest BCUT2D eigenvalue weighted by atomic mass is 9.79. The molecule has 0 unspecified atom stereocenters. The molecule has 30 heavy (non-hydrogen) atoms. The molecule has 1 saturated carbocycles. The lowest BCUT2D eigenvalue weighted by Gasteiger charge is -2.47. The molecular weight excluding hydrogens is 513 g/mol. The van der Waals surface area contributed by atoms with Crippen LogP contribution in [-0.2, 0) is 9.84 Å². The molecule has 0 bridgehead atoms. The number of sulfone groups is 1. The average Bonchev–Trinajstić information content (AvgIpc) is 2.74. The Kier molecular flexibility index (Phi) is 11.1. The van der Waals surface area contributed by atoms with Gasteiger partial charge in [-0.15, -0.1) is 24.0 Å². The molecule has 0 atom stereocenters. The van der Waals surface area contributed by atoms with Crippen LogP contribution in [0.5, 0.6) is 0 Å². The van der Waals surface area contributed by atoms with Crippen molar-refractivity contribution in [1.82, 2.24) is 20.4 Å². The van der Waals surface area contributed by atoms with Gasteiger partial charge in [0.2, 0.25) is 0 Å². The van der Waals surface area contributed by atoms with Crippen LogP contribution in [-0.4, -0.2) is 93.6 Å². The highest BCUT2D eigenvalue weighted by molar-refractivity contribution is 14.0. The molecule has 0 aromatic heterocycles. The van der Waals surface area contributed by atoms with E-state index in [1.54, 1.807) is 0 Å². The van der Waals surface area contributed by atoms with Crippen LogP contribution in [0.2, 0.25) is 0 Å². The molecule has 2 aliphatic heterocycles. The number of hydrogen-bond donors (Lipinski definition) is 2. The normalized spacial score (nSPS) is 25.3. The zero-order chi connectivity index (χ0) is 20.6. The number of rotatable bonds is 7. The standard InChI is InChI=1S/C21H41N5O2S.HI/c1-2-22-20(23-11-14-25-15-17-29(27,28)18-16-25)24-19-21(9-5-3-6-10-21)26-12-7-4-8-13-26;/h2-19H2,1H3,(H2,22,23,24);1H. The zero-order valence-electron chi connectivity index (χ0n) is 18.7. The molecule has 1 aliphatic carbocycles. The van der Waals surface area contributed by atoms with Crippen molar-refractivity contribution in [3.8, 4) is 0 Å². The van der Waals surface area contributed by atoms with Crippen molar-refractivity contribution in [2.75, 3.05) is 63.9 Å². The molecule has 0 radical (unpaired) electrons. The van der Waals surface area contributed by atoms with E-state index in [0.29, 0.717) is 24.6 Å². The summed E-state index contributed by atoms with van der Waals surface area (Å²) in [5, 5.41) is 6.88. The summed E-state index contributed by atoms with van der Waals surface area (Å²) in [6.07, 6.45) is 10.6. The third-order valence-corrected chi connectivity index (χ3v) is 8.45. The van der Waals surface area contributed by atoms with Gasteiger partial charge in [0.25, 0.3) is 0 Å². The number of nitrogens with one attached hydrogen (secondary N) is 2. The lowest BCUT2D eigenvalue weighted by molar-refractivity contribution is 0.0407. The molecule has 0 spiro atoms. The Bertz CT molecular complexity index is 617. The van der Waals surface area contributed by atoms with E-state index in [-0.39, 0.29) is 29.5 Å². The van der Waals surface area contributed by atoms with E-state index in [1.165, 1.54) is 64.5 Å². The van der Waals surface area contributed by atoms with Crippen molar-refractivity contribution in [2.24, 2.45) is 4.99 Å². The first-order chi connectivity index (χ1) is 14.0. The van der Waals surface area contributed by atoms with Gasteiger partial charge in [-0.1, -0.05) is 25.7 Å². The summed E-state index contributed by atoms with van der Waals surface area (Å²) >= 11 is 0. The van der Waals surface area contributed by atoms with Crippen molar-refractivity contribution < 1.29 is 8.42 Å². The van der Waals surface area contributed by atoms with Crippen molar-refractivity contribution >= 4 is 39.8 Å². The third-order valence-electron chi connectivity index (χ3n) is 6.84. The highest BCUT2D eigenvalue weighted by Crippen LogP contribution is 2.35. The van der Waals surface area contributed by atoms with E-state index in [2.05, 4.69) is 27.4 Å². The predicted molar refractivity (Wildman–Crippen MR) is 136 cm³/mol. The van der Waals surface area contributed by atoms with Gasteiger partial charge in [0.15, 0.2) is 15.8 Å². The fraction of sp³-hybridized carbons (Fsp3) is 0.952. The second-order valence-corrected chi connectivity index (χ2v) is 11.3. The molecule has 2 heterocycles. The van der Waals surface area contributed by atoms with Crippen LogP contribution >= 0.6 is 24.0 Å². The molecule has 3 fully saturated rings. The van der Waals surface area contributed by atoms with Gasteiger partial charge in [0.05, 0.1) is 18.1 Å². The minimum absolute atomic E-state index is 0. The van der Waals surface area contributed by atoms with Crippen LogP contribution in [0.15, 0.2) is 4.99 Å². The molecule has 176 valence electrons. The molecular formula is C21H42IN5O2S. The summed E-state index contributed by atoms with van der Waals surface area (Å²) in [7, 11) is -2.81. The lowest BCUT2D eigenvalue weighted by Crippen LogP contribution is -2.55. The van der Waals surface area contributed by atoms with Gasteiger partial charge in [-0.2, -0.15) is 0 Å². The maximum atomic E-state index is 11.6. The fourth-order valence-corrected chi connectivity index (χ4v) is 6.30. The van der Waals surface area contributed by atoms with Crippen LogP contribution in [0.25, 0.3) is 0 Å². The summed E-state index contributed by atoms with van der Waals surface area (Å²) in [5.74, 6) is 1.48. The van der Waals surface area contributed by atoms with E-state index >= 15 is 0 Å². The Morgan fingerprint density at radius 2 is 1.57 bits per heavy atom. The Morgan fingerprint density at radius 1 is 0.933 bits per heavy atom. The first-order valence-electron chi connectivity index (χ1n) is 11.7. The molecule has 3 aliphatic rings. The quantitative estimate of drug-likeness (QED) is 0.285. The van der Waals surface area contributed by atoms with Crippen LogP contribution in [0.3, 0.4) is 0 Å². The first-order valence-corrected chi connectivity index (χ1v) is 13.6. The van der Waals surface area contributed by atoms with Crippen molar-refractivity contribution in [2.45, 2.75) is 63.8 Å². The van der Waals surface area contributed by atoms with Gasteiger partial charge in [-0.25, -0.2) is 8.42 Å². The molecule has 7 nitrogen and oxygen atoms in total. The Morgan fingerprint density at radius 3 is 2.20 bits per heavy atom. The van der Waals surface area contributed by atoms with Gasteiger partial charge in [-0.05, 0) is 45.7 Å². The summed E-state index contributed by atoms with van der Waals surface area (Å²) < 4.78 is 23.2. The number of guanidine groups is 1. The first kappa shape index (κ1) is 26.1. The molecule has 0 aromatic rings. The topological polar surface area (TPSA) is 77.0 Å². The molecule has 2 saturated heterocycles. The number of hydrogen-bond acceptors (Lipinski definition) is 5. The summed E-state index contributed by atoms with van der Waals surface area (Å²) in [5.41, 5.74) is 0.252. The van der Waals surface area contributed by atoms with E-state index in [9.17, 15) is 8.42 Å². The Hall–Kier alpha value is -0.130. The Labute approximate surface area is 200 Å². The maximum absolute atomic E-state index is 11.6. The number of aliphatic imine (C=N–C) groups is 1. The monoisotopic (exact) mass is 555 g/mol. The largest absolute Gasteiger partial charge is 0.357 e. The SMILES string of the molecule is CCNC(=NCC1(N2CCCCC2)CCCCC1)NCCN1CCS(=O)(=O)CC1.I. The predicted octanol–water partition coefficient (Wildman–Crippen LogP) is 2.08. The molecule has 3 rings (SSSR count). The van der Waals surface area contributed by atoms with E-state index in [0.717, 1.165) is 32.1 Å². The second-order valence-electron chi connectivity index (χ2n) is 8.95. The summed E-state index contributed by atoms with van der Waals surface area (Å²) in [6.45, 7) is 9.25.